The molecule has 0 unspecified atom stereocenters. The van der Waals surface area contributed by atoms with Crippen molar-refractivity contribution in [3.05, 3.63) is 48.0 Å². The van der Waals surface area contributed by atoms with Crippen molar-refractivity contribution in [1.29, 1.82) is 0 Å². The zero-order chi connectivity index (χ0) is 14.7. The highest BCUT2D eigenvalue weighted by Gasteiger charge is 2.18. The third kappa shape index (κ3) is 2.89. The first-order valence-electron chi connectivity index (χ1n) is 7.07. The van der Waals surface area contributed by atoms with Gasteiger partial charge in [0.1, 0.15) is 17.2 Å². The van der Waals surface area contributed by atoms with Crippen LogP contribution in [0.15, 0.2) is 42.5 Å². The molecular weight excluding hydrogens is 266 g/mol. The third-order valence-corrected chi connectivity index (χ3v) is 3.52. The van der Waals surface area contributed by atoms with E-state index in [9.17, 15) is 0 Å². The normalized spacial score (nSPS) is 13.3. The number of methoxy groups -OCH3 is 1. The highest BCUT2D eigenvalue weighted by molar-refractivity contribution is 5.52. The largest absolute Gasteiger partial charge is 0.497 e. The van der Waals surface area contributed by atoms with Gasteiger partial charge in [-0.15, -0.1) is 0 Å². The van der Waals surface area contributed by atoms with Gasteiger partial charge in [0.05, 0.1) is 13.7 Å². The number of rotatable bonds is 4. The van der Waals surface area contributed by atoms with Crippen molar-refractivity contribution in [2.75, 3.05) is 25.3 Å². The van der Waals surface area contributed by atoms with E-state index in [1.807, 2.05) is 37.3 Å². The van der Waals surface area contributed by atoms with Gasteiger partial charge >= 0.3 is 0 Å². The summed E-state index contributed by atoms with van der Waals surface area (Å²) in [6.07, 6.45) is 0. The van der Waals surface area contributed by atoms with Gasteiger partial charge in [0, 0.05) is 17.8 Å². The Morgan fingerprint density at radius 1 is 1.10 bits per heavy atom. The van der Waals surface area contributed by atoms with E-state index in [-0.39, 0.29) is 0 Å². The number of benzene rings is 2. The molecule has 110 valence electrons. The summed E-state index contributed by atoms with van der Waals surface area (Å²) in [5.41, 5.74) is 2.25. The van der Waals surface area contributed by atoms with E-state index in [1.54, 1.807) is 7.11 Å². The van der Waals surface area contributed by atoms with E-state index in [4.69, 9.17) is 14.2 Å². The first-order chi connectivity index (χ1) is 10.3. The molecule has 2 aromatic carbocycles. The summed E-state index contributed by atoms with van der Waals surface area (Å²) in [4.78, 5) is 2.18. The van der Waals surface area contributed by atoms with Crippen LogP contribution in [0.2, 0.25) is 0 Å². The SMILES string of the molecule is CCOc1ccc(N2COc3ccc(OC)cc3C2)cc1. The van der Waals surface area contributed by atoms with E-state index in [1.165, 1.54) is 0 Å². The molecule has 0 fully saturated rings. The van der Waals surface area contributed by atoms with Gasteiger partial charge in [-0.1, -0.05) is 0 Å². The fraction of sp³-hybridized carbons (Fsp3) is 0.294. The molecule has 0 bridgehead atoms. The van der Waals surface area contributed by atoms with E-state index in [0.717, 1.165) is 35.0 Å². The smallest absolute Gasteiger partial charge is 0.161 e. The lowest BCUT2D eigenvalue weighted by atomic mass is 10.1. The van der Waals surface area contributed by atoms with Crippen LogP contribution in [0.5, 0.6) is 17.2 Å². The molecule has 3 rings (SSSR count). The van der Waals surface area contributed by atoms with E-state index in [0.29, 0.717) is 13.3 Å². The first kappa shape index (κ1) is 13.6. The quantitative estimate of drug-likeness (QED) is 0.861. The highest BCUT2D eigenvalue weighted by atomic mass is 16.5. The molecule has 0 atom stereocenters. The molecular formula is C17H19NO3. The summed E-state index contributed by atoms with van der Waals surface area (Å²) < 4.78 is 16.5. The Kier molecular flexibility index (Phi) is 3.86. The molecule has 0 aromatic heterocycles. The first-order valence-corrected chi connectivity index (χ1v) is 7.07. The minimum absolute atomic E-state index is 0.549. The zero-order valence-corrected chi connectivity index (χ0v) is 12.3. The van der Waals surface area contributed by atoms with E-state index >= 15 is 0 Å². The summed E-state index contributed by atoms with van der Waals surface area (Å²) in [6, 6.07) is 14.0. The van der Waals surface area contributed by atoms with Crippen LogP contribution in [0.4, 0.5) is 5.69 Å². The Labute approximate surface area is 124 Å². The lowest BCUT2D eigenvalue weighted by Gasteiger charge is -2.31. The predicted octanol–water partition coefficient (Wildman–Crippen LogP) is 3.45. The molecule has 4 heteroatoms. The number of hydrogen-bond donors (Lipinski definition) is 0. The van der Waals surface area contributed by atoms with Gasteiger partial charge < -0.3 is 19.1 Å². The number of nitrogens with zero attached hydrogens (tertiary/aromatic N) is 1. The molecule has 0 amide bonds. The summed E-state index contributed by atoms with van der Waals surface area (Å²) in [5, 5.41) is 0. The second-order valence-electron chi connectivity index (χ2n) is 4.87. The van der Waals surface area contributed by atoms with Crippen LogP contribution in [0.1, 0.15) is 12.5 Å². The molecule has 0 saturated heterocycles. The molecule has 4 nitrogen and oxygen atoms in total. The topological polar surface area (TPSA) is 30.9 Å². The minimum Gasteiger partial charge on any atom is -0.497 e. The Morgan fingerprint density at radius 2 is 1.86 bits per heavy atom. The van der Waals surface area contributed by atoms with Gasteiger partial charge in [0.15, 0.2) is 6.73 Å². The van der Waals surface area contributed by atoms with Gasteiger partial charge in [0.2, 0.25) is 0 Å². The molecule has 2 aromatic rings. The fourth-order valence-electron chi connectivity index (χ4n) is 2.43. The van der Waals surface area contributed by atoms with Crippen LogP contribution >= 0.6 is 0 Å². The Bertz CT molecular complexity index is 610. The second-order valence-corrected chi connectivity index (χ2v) is 4.87. The highest BCUT2D eigenvalue weighted by Crippen LogP contribution is 2.31. The summed E-state index contributed by atoms with van der Waals surface area (Å²) in [7, 11) is 1.68. The third-order valence-electron chi connectivity index (χ3n) is 3.52. The van der Waals surface area contributed by atoms with Crippen LogP contribution in [0, 0.1) is 0 Å². The number of anilines is 1. The molecule has 1 aliphatic rings. The number of hydrogen-bond acceptors (Lipinski definition) is 4. The Balaban J connectivity index is 1.78. The zero-order valence-electron chi connectivity index (χ0n) is 12.3. The molecule has 21 heavy (non-hydrogen) atoms. The molecule has 1 heterocycles. The number of ether oxygens (including phenoxy) is 3. The Morgan fingerprint density at radius 3 is 2.57 bits per heavy atom. The van der Waals surface area contributed by atoms with Gasteiger partial charge in [-0.05, 0) is 49.4 Å². The van der Waals surface area contributed by atoms with Crippen LogP contribution in [0.3, 0.4) is 0 Å². The van der Waals surface area contributed by atoms with Crippen LogP contribution < -0.4 is 19.1 Å². The van der Waals surface area contributed by atoms with Gasteiger partial charge in [-0.25, -0.2) is 0 Å². The standard InChI is InChI=1S/C17H19NO3/c1-3-20-15-6-4-14(5-7-15)18-11-13-10-16(19-2)8-9-17(13)21-12-18/h4-10H,3,11-12H2,1-2H3. The summed E-state index contributed by atoms with van der Waals surface area (Å²) in [6.45, 7) is 4.02. The van der Waals surface area contributed by atoms with Crippen molar-refractivity contribution in [2.24, 2.45) is 0 Å². The molecule has 0 spiro atoms. The average molecular weight is 285 g/mol. The monoisotopic (exact) mass is 285 g/mol. The fourth-order valence-corrected chi connectivity index (χ4v) is 2.43. The Hall–Kier alpha value is -2.36. The van der Waals surface area contributed by atoms with Gasteiger partial charge in [-0.3, -0.25) is 0 Å². The molecule has 0 saturated carbocycles. The van der Waals surface area contributed by atoms with Crippen molar-refractivity contribution < 1.29 is 14.2 Å². The van der Waals surface area contributed by atoms with Crippen LogP contribution in [-0.4, -0.2) is 20.4 Å². The van der Waals surface area contributed by atoms with Crippen molar-refractivity contribution in [1.82, 2.24) is 0 Å². The lowest BCUT2D eigenvalue weighted by molar-refractivity contribution is 0.288. The number of fused-ring (bicyclic) bond motifs is 1. The van der Waals surface area contributed by atoms with Crippen molar-refractivity contribution >= 4 is 5.69 Å². The van der Waals surface area contributed by atoms with Crippen molar-refractivity contribution in [3.63, 3.8) is 0 Å². The summed E-state index contributed by atoms with van der Waals surface area (Å²) in [5.74, 6) is 2.67. The predicted molar refractivity (Wildman–Crippen MR) is 82.3 cm³/mol. The maximum Gasteiger partial charge on any atom is 0.161 e. The van der Waals surface area contributed by atoms with Crippen molar-refractivity contribution in [3.8, 4) is 17.2 Å². The minimum atomic E-state index is 0.549. The van der Waals surface area contributed by atoms with Gasteiger partial charge in [-0.2, -0.15) is 0 Å². The second kappa shape index (κ2) is 5.95. The maximum absolute atomic E-state index is 5.81. The van der Waals surface area contributed by atoms with E-state index < -0.39 is 0 Å². The van der Waals surface area contributed by atoms with Crippen molar-refractivity contribution in [2.45, 2.75) is 13.5 Å². The lowest BCUT2D eigenvalue weighted by Crippen LogP contribution is -2.31. The van der Waals surface area contributed by atoms with Crippen LogP contribution in [0.25, 0.3) is 0 Å². The maximum atomic E-state index is 5.81. The van der Waals surface area contributed by atoms with E-state index in [2.05, 4.69) is 17.0 Å². The molecule has 0 N–H and O–H groups in total. The molecule has 0 radical (unpaired) electrons. The van der Waals surface area contributed by atoms with Gasteiger partial charge in [0.25, 0.3) is 0 Å². The summed E-state index contributed by atoms with van der Waals surface area (Å²) >= 11 is 0. The van der Waals surface area contributed by atoms with Crippen LogP contribution in [-0.2, 0) is 6.54 Å². The molecule has 1 aliphatic heterocycles. The average Bonchev–Trinajstić information content (AvgIpc) is 2.55. The molecule has 0 aliphatic carbocycles.